The van der Waals surface area contributed by atoms with Gasteiger partial charge >= 0.3 is 0 Å². The normalized spacial score (nSPS) is 22.5. The molecule has 0 bridgehead atoms. The Balaban J connectivity index is 0.000000941. The zero-order valence-corrected chi connectivity index (χ0v) is 17.1. The zero-order valence-electron chi connectivity index (χ0n) is 17.1. The number of carbonyl (C=O) groups excluding carboxylic acids is 3. The summed E-state index contributed by atoms with van der Waals surface area (Å²) >= 11 is 0. The maximum atomic E-state index is 13.0. The van der Waals surface area contributed by atoms with Gasteiger partial charge in [-0.3, -0.25) is 24.3 Å². The van der Waals surface area contributed by atoms with Crippen molar-refractivity contribution in [2.24, 2.45) is 5.92 Å². The topological polar surface area (TPSA) is 127 Å². The molecule has 10 heteroatoms. The summed E-state index contributed by atoms with van der Waals surface area (Å²) in [4.78, 5) is 51.0. The highest BCUT2D eigenvalue weighted by molar-refractivity contribution is 5.94. The Morgan fingerprint density at radius 3 is 2.17 bits per heavy atom. The number of likely N-dealkylation sites (tertiary alicyclic amines) is 1. The van der Waals surface area contributed by atoms with Gasteiger partial charge in [0.2, 0.25) is 11.8 Å². The smallest absolute Gasteiger partial charge is 0.290 e. The van der Waals surface area contributed by atoms with E-state index in [1.54, 1.807) is 18.0 Å². The van der Waals surface area contributed by atoms with Crippen LogP contribution in [0.2, 0.25) is 0 Å². The Bertz CT molecular complexity index is 715. The SMILES string of the molecule is CC(=O)N1CCC(C(=O)N2CCN(C(=O)c3cn[nH]c3)[C@H](C)[C@H]2C)CC1.O=CO. The predicted octanol–water partition coefficient (Wildman–Crippen LogP) is 0.430. The fourth-order valence-electron chi connectivity index (χ4n) is 3.95. The Morgan fingerprint density at radius 1 is 1.10 bits per heavy atom. The van der Waals surface area contributed by atoms with E-state index >= 15 is 0 Å². The van der Waals surface area contributed by atoms with Crippen molar-refractivity contribution in [3.8, 4) is 0 Å². The van der Waals surface area contributed by atoms with Gasteiger partial charge < -0.3 is 19.8 Å². The summed E-state index contributed by atoms with van der Waals surface area (Å²) in [5.74, 6) is 0.142. The van der Waals surface area contributed by atoms with Crippen molar-refractivity contribution in [3.63, 3.8) is 0 Å². The Hall–Kier alpha value is -2.91. The number of carbonyl (C=O) groups is 4. The lowest BCUT2D eigenvalue weighted by Crippen LogP contribution is -2.61. The quantitative estimate of drug-likeness (QED) is 0.685. The van der Waals surface area contributed by atoms with Gasteiger partial charge in [-0.2, -0.15) is 5.10 Å². The number of aromatic amines is 1. The molecule has 2 N–H and O–H groups in total. The summed E-state index contributed by atoms with van der Waals surface area (Å²) in [6.07, 6.45) is 4.56. The van der Waals surface area contributed by atoms with Crippen molar-refractivity contribution in [1.82, 2.24) is 24.9 Å². The molecule has 160 valence electrons. The third kappa shape index (κ3) is 5.12. The maximum absolute atomic E-state index is 13.0. The fraction of sp³-hybridized carbons (Fsp3) is 0.632. The summed E-state index contributed by atoms with van der Waals surface area (Å²) in [6, 6.07) is -0.106. The summed E-state index contributed by atoms with van der Waals surface area (Å²) < 4.78 is 0. The number of rotatable bonds is 2. The number of piperidine rings is 1. The van der Waals surface area contributed by atoms with E-state index in [0.717, 1.165) is 0 Å². The molecule has 0 aliphatic carbocycles. The van der Waals surface area contributed by atoms with Crippen LogP contribution in [-0.4, -0.2) is 92.5 Å². The van der Waals surface area contributed by atoms with E-state index in [1.807, 2.05) is 23.6 Å². The lowest BCUT2D eigenvalue weighted by molar-refractivity contribution is -0.144. The van der Waals surface area contributed by atoms with Crippen molar-refractivity contribution >= 4 is 24.2 Å². The van der Waals surface area contributed by atoms with Crippen molar-refractivity contribution in [2.75, 3.05) is 26.2 Å². The van der Waals surface area contributed by atoms with Crippen LogP contribution in [0.25, 0.3) is 0 Å². The van der Waals surface area contributed by atoms with Crippen molar-refractivity contribution in [3.05, 3.63) is 18.0 Å². The highest BCUT2D eigenvalue weighted by Crippen LogP contribution is 2.25. The molecule has 1 aromatic rings. The molecule has 1 aromatic heterocycles. The van der Waals surface area contributed by atoms with Crippen LogP contribution in [0.4, 0.5) is 0 Å². The van der Waals surface area contributed by atoms with Crippen LogP contribution in [0.3, 0.4) is 0 Å². The van der Waals surface area contributed by atoms with Crippen LogP contribution < -0.4 is 0 Å². The Kier molecular flexibility index (Phi) is 7.74. The number of hydrogen-bond donors (Lipinski definition) is 2. The summed E-state index contributed by atoms with van der Waals surface area (Å²) in [5, 5.41) is 13.4. The summed E-state index contributed by atoms with van der Waals surface area (Å²) in [5.41, 5.74) is 0.542. The average Bonchev–Trinajstić information content (AvgIpc) is 3.24. The fourth-order valence-corrected chi connectivity index (χ4v) is 3.95. The van der Waals surface area contributed by atoms with Gasteiger partial charge in [-0.05, 0) is 26.7 Å². The van der Waals surface area contributed by atoms with Gasteiger partial charge in [0.05, 0.1) is 11.8 Å². The molecule has 0 radical (unpaired) electrons. The molecular formula is C19H29N5O5. The van der Waals surface area contributed by atoms with Crippen LogP contribution in [0.1, 0.15) is 44.0 Å². The first kappa shape index (κ1) is 22.4. The first-order valence-electron chi connectivity index (χ1n) is 9.75. The Labute approximate surface area is 169 Å². The van der Waals surface area contributed by atoms with Gasteiger partial charge in [-0.1, -0.05) is 0 Å². The zero-order chi connectivity index (χ0) is 21.6. The number of H-pyrrole nitrogens is 1. The molecule has 2 aliphatic heterocycles. The van der Waals surface area contributed by atoms with E-state index in [0.29, 0.717) is 44.6 Å². The number of carboxylic acid groups (broad SMARTS) is 1. The number of amides is 3. The molecule has 0 spiro atoms. The molecule has 2 fully saturated rings. The number of piperazine rings is 1. The summed E-state index contributed by atoms with van der Waals surface area (Å²) in [6.45, 7) is 7.67. The van der Waals surface area contributed by atoms with E-state index in [9.17, 15) is 14.4 Å². The molecule has 3 rings (SSSR count). The van der Waals surface area contributed by atoms with Crippen molar-refractivity contribution < 1.29 is 24.3 Å². The monoisotopic (exact) mass is 407 g/mol. The second kappa shape index (κ2) is 10.0. The minimum atomic E-state index is -0.250. The van der Waals surface area contributed by atoms with E-state index in [-0.39, 0.29) is 42.2 Å². The van der Waals surface area contributed by atoms with Crippen LogP contribution in [-0.2, 0) is 14.4 Å². The lowest BCUT2D eigenvalue weighted by atomic mass is 9.93. The van der Waals surface area contributed by atoms with Crippen LogP contribution in [0, 0.1) is 5.92 Å². The molecule has 0 aromatic carbocycles. The molecule has 0 saturated carbocycles. The second-order valence-electron chi connectivity index (χ2n) is 7.38. The number of hydrogen-bond acceptors (Lipinski definition) is 5. The van der Waals surface area contributed by atoms with Crippen molar-refractivity contribution in [1.29, 1.82) is 0 Å². The molecule has 2 saturated heterocycles. The predicted molar refractivity (Wildman–Crippen MR) is 104 cm³/mol. The third-order valence-corrected chi connectivity index (χ3v) is 5.84. The van der Waals surface area contributed by atoms with Gasteiger partial charge in [-0.15, -0.1) is 0 Å². The van der Waals surface area contributed by atoms with Crippen LogP contribution in [0.5, 0.6) is 0 Å². The lowest BCUT2D eigenvalue weighted by Gasteiger charge is -2.46. The second-order valence-corrected chi connectivity index (χ2v) is 7.38. The van der Waals surface area contributed by atoms with Gasteiger partial charge in [-0.25, -0.2) is 0 Å². The number of nitrogens with one attached hydrogen (secondary N) is 1. The number of nitrogens with zero attached hydrogens (tertiary/aromatic N) is 4. The first-order chi connectivity index (χ1) is 13.8. The van der Waals surface area contributed by atoms with Gasteiger partial charge in [0, 0.05) is 57.3 Å². The average molecular weight is 407 g/mol. The van der Waals surface area contributed by atoms with Gasteiger partial charge in [0.1, 0.15) is 0 Å². The molecule has 3 heterocycles. The van der Waals surface area contributed by atoms with Crippen LogP contribution in [0.15, 0.2) is 12.4 Å². The molecule has 2 atom stereocenters. The molecule has 2 aliphatic rings. The highest BCUT2D eigenvalue weighted by atomic mass is 16.3. The summed E-state index contributed by atoms with van der Waals surface area (Å²) in [7, 11) is 0. The standard InChI is InChI=1S/C18H27N5O3.CH2O2/c1-12-13(2)23(18(26)16-10-19-20-11-16)9-8-22(12)17(25)15-4-6-21(7-5-15)14(3)24;2-1-3/h10-13,15H,4-9H2,1-3H3,(H,19,20);1H,(H,2,3)/t12-,13-;/m1./s1. The van der Waals surface area contributed by atoms with E-state index < -0.39 is 0 Å². The Morgan fingerprint density at radius 2 is 1.66 bits per heavy atom. The molecule has 0 unspecified atom stereocenters. The molecule has 10 nitrogen and oxygen atoms in total. The van der Waals surface area contributed by atoms with Crippen LogP contribution >= 0.6 is 0 Å². The number of aromatic nitrogens is 2. The van der Waals surface area contributed by atoms with Crippen molar-refractivity contribution in [2.45, 2.75) is 45.7 Å². The highest BCUT2D eigenvalue weighted by Gasteiger charge is 2.39. The minimum Gasteiger partial charge on any atom is -0.483 e. The third-order valence-electron chi connectivity index (χ3n) is 5.84. The van der Waals surface area contributed by atoms with Gasteiger partial charge in [0.15, 0.2) is 0 Å². The van der Waals surface area contributed by atoms with E-state index in [2.05, 4.69) is 10.2 Å². The largest absolute Gasteiger partial charge is 0.483 e. The minimum absolute atomic E-state index is 0.0311. The molecule has 3 amide bonds. The molecular weight excluding hydrogens is 378 g/mol. The molecule has 29 heavy (non-hydrogen) atoms. The van der Waals surface area contributed by atoms with Gasteiger partial charge in [0.25, 0.3) is 12.4 Å². The first-order valence-corrected chi connectivity index (χ1v) is 9.75. The van der Waals surface area contributed by atoms with E-state index in [1.165, 1.54) is 6.20 Å². The van der Waals surface area contributed by atoms with E-state index in [4.69, 9.17) is 9.90 Å². The maximum Gasteiger partial charge on any atom is 0.290 e.